The molecule has 2 aliphatic rings. The van der Waals surface area contributed by atoms with E-state index in [1.165, 1.54) is 0 Å². The van der Waals surface area contributed by atoms with Crippen molar-refractivity contribution in [1.29, 1.82) is 0 Å². The summed E-state index contributed by atoms with van der Waals surface area (Å²) in [6.45, 7) is 4.76. The maximum absolute atomic E-state index is 13.3. The maximum atomic E-state index is 13.3. The number of hydrogen-bond acceptors (Lipinski definition) is 7. The molecule has 0 aliphatic carbocycles. The number of aliphatic hydroxyl groups is 1. The number of nitrogens with one attached hydrogen (secondary N) is 2. The average Bonchev–Trinajstić information content (AvgIpc) is 3.19. The predicted octanol–water partition coefficient (Wildman–Crippen LogP) is 1.11. The Hall–Kier alpha value is -3.00. The van der Waals surface area contributed by atoms with E-state index in [1.54, 1.807) is 37.1 Å². The number of rotatable bonds is 7. The third kappa shape index (κ3) is 6.22. The fourth-order valence-corrected chi connectivity index (χ4v) is 4.52. The number of likely N-dealkylation sites (tertiary alicyclic amines) is 2. The fourth-order valence-electron chi connectivity index (χ4n) is 4.52. The fraction of sp³-hybridized carbons (Fsp3) is 0.682. The van der Waals surface area contributed by atoms with Gasteiger partial charge in [0.2, 0.25) is 5.96 Å². The number of anilines is 1. The van der Waals surface area contributed by atoms with Crippen LogP contribution in [0, 0.1) is 0 Å². The zero-order valence-corrected chi connectivity index (χ0v) is 20.5. The molecule has 0 unspecified atom stereocenters. The van der Waals surface area contributed by atoms with Crippen molar-refractivity contribution in [3.63, 3.8) is 0 Å². The van der Waals surface area contributed by atoms with Crippen LogP contribution in [0.25, 0.3) is 0 Å². The van der Waals surface area contributed by atoms with Crippen LogP contribution in [0.2, 0.25) is 0 Å². The molecule has 0 saturated carbocycles. The number of β-amino-alcohol motifs (C(OH)–C–C–N with tert-alkyl or cyclic N) is 1. The van der Waals surface area contributed by atoms with Gasteiger partial charge >= 0.3 is 6.18 Å². The Kier molecular flexibility index (Phi) is 9.06. The van der Waals surface area contributed by atoms with Gasteiger partial charge < -0.3 is 25.0 Å². The average molecular weight is 516 g/mol. The molecule has 2 saturated heterocycles. The zero-order chi connectivity index (χ0) is 26.5. The molecule has 3 rings (SSSR count). The smallest absolute Gasteiger partial charge is 0.389 e. The van der Waals surface area contributed by atoms with Gasteiger partial charge in [-0.05, 0) is 19.8 Å². The molecular weight excluding hydrogens is 483 g/mol. The molecule has 0 bridgehead atoms. The van der Waals surface area contributed by atoms with Crippen LogP contribution < -0.4 is 10.9 Å². The molecule has 200 valence electrons. The number of amides is 1. The molecule has 1 aromatic heterocycles. The number of carbonyl (C=O) groups is 1. The molecule has 3 heterocycles. The normalized spacial score (nSPS) is 24.6. The highest BCUT2D eigenvalue weighted by Gasteiger charge is 2.42. The second kappa shape index (κ2) is 11.8. The lowest BCUT2D eigenvalue weighted by Crippen LogP contribution is -2.56. The second-order valence-corrected chi connectivity index (χ2v) is 8.66. The number of H-pyrrole nitrogens is 1. The van der Waals surface area contributed by atoms with Crippen LogP contribution in [0.1, 0.15) is 38.7 Å². The van der Waals surface area contributed by atoms with E-state index in [0.717, 1.165) is 6.20 Å². The number of aromatic nitrogens is 2. The van der Waals surface area contributed by atoms with E-state index in [9.17, 15) is 27.9 Å². The molecular formula is C22H32F3N7O4. The van der Waals surface area contributed by atoms with Crippen molar-refractivity contribution in [3.8, 4) is 0 Å². The number of ether oxygens (including phenoxy) is 1. The summed E-state index contributed by atoms with van der Waals surface area (Å²) in [5.74, 6) is 0.262. The largest absolute Gasteiger partial charge is 0.423 e. The van der Waals surface area contributed by atoms with Gasteiger partial charge in [-0.3, -0.25) is 14.6 Å². The quantitative estimate of drug-likeness (QED) is 0.366. The minimum atomic E-state index is -4.86. The number of carbonyl (C=O) groups excluding carboxylic acids is 1. The van der Waals surface area contributed by atoms with Gasteiger partial charge in [-0.2, -0.15) is 18.3 Å². The number of aliphatic imine (C=N–C) groups is 2. The van der Waals surface area contributed by atoms with Crippen molar-refractivity contribution >= 4 is 23.8 Å². The van der Waals surface area contributed by atoms with Gasteiger partial charge in [0.25, 0.3) is 11.5 Å². The first-order chi connectivity index (χ1) is 17.1. The van der Waals surface area contributed by atoms with Gasteiger partial charge in [0.15, 0.2) is 0 Å². The van der Waals surface area contributed by atoms with Crippen molar-refractivity contribution in [3.05, 3.63) is 22.1 Å². The minimum absolute atomic E-state index is 0.0445. The Labute approximate surface area is 206 Å². The van der Waals surface area contributed by atoms with Crippen molar-refractivity contribution in [2.45, 2.75) is 63.6 Å². The molecule has 3 N–H and O–H groups in total. The van der Waals surface area contributed by atoms with E-state index in [2.05, 4.69) is 20.4 Å². The monoisotopic (exact) mass is 515 g/mol. The molecule has 0 radical (unpaired) electrons. The van der Waals surface area contributed by atoms with Crippen molar-refractivity contribution < 1.29 is 27.8 Å². The van der Waals surface area contributed by atoms with Gasteiger partial charge in [-0.15, -0.1) is 0 Å². The Bertz CT molecular complexity index is 1030. The Morgan fingerprint density at radius 2 is 2.14 bits per heavy atom. The first-order valence-corrected chi connectivity index (χ1v) is 11.8. The van der Waals surface area contributed by atoms with Gasteiger partial charge in [-0.25, -0.2) is 10.1 Å². The van der Waals surface area contributed by atoms with Crippen molar-refractivity contribution in [2.75, 3.05) is 38.6 Å². The zero-order valence-electron chi connectivity index (χ0n) is 20.5. The van der Waals surface area contributed by atoms with Gasteiger partial charge in [-0.1, -0.05) is 6.92 Å². The maximum Gasteiger partial charge on any atom is 0.423 e. The highest BCUT2D eigenvalue weighted by atomic mass is 19.4. The number of aromatic amines is 1. The van der Waals surface area contributed by atoms with Gasteiger partial charge in [0.05, 0.1) is 30.6 Å². The molecule has 11 nitrogen and oxygen atoms in total. The highest BCUT2D eigenvalue weighted by Crippen LogP contribution is 2.32. The van der Waals surface area contributed by atoms with E-state index in [-0.39, 0.29) is 25.1 Å². The highest BCUT2D eigenvalue weighted by molar-refractivity contribution is 5.87. The summed E-state index contributed by atoms with van der Waals surface area (Å²) in [5.41, 5.74) is -3.15. The van der Waals surface area contributed by atoms with Crippen LogP contribution in [-0.2, 0) is 15.7 Å². The number of piperidine rings is 1. The minimum Gasteiger partial charge on any atom is -0.389 e. The predicted molar refractivity (Wildman–Crippen MR) is 127 cm³/mol. The van der Waals surface area contributed by atoms with Crippen LogP contribution in [0.5, 0.6) is 0 Å². The second-order valence-electron chi connectivity index (χ2n) is 8.66. The molecule has 14 heteroatoms. The number of alkyl halides is 3. The molecule has 2 fully saturated rings. The molecule has 36 heavy (non-hydrogen) atoms. The first kappa shape index (κ1) is 27.6. The van der Waals surface area contributed by atoms with Gasteiger partial charge in [0.1, 0.15) is 11.7 Å². The van der Waals surface area contributed by atoms with Crippen molar-refractivity contribution in [1.82, 2.24) is 20.0 Å². The molecule has 4 atom stereocenters. The van der Waals surface area contributed by atoms with Crippen LogP contribution in [-0.4, -0.2) is 101 Å². The summed E-state index contributed by atoms with van der Waals surface area (Å²) in [5, 5.41) is 18.7. The molecule has 1 aromatic rings. The lowest BCUT2D eigenvalue weighted by atomic mass is 10.0. The van der Waals surface area contributed by atoms with Crippen LogP contribution in [0.3, 0.4) is 0 Å². The van der Waals surface area contributed by atoms with Crippen molar-refractivity contribution in [2.24, 2.45) is 9.98 Å². The molecule has 0 spiro atoms. The standard InChI is InChI=1S/C22H32F3N7O4/c1-4-13(29-14-10-28-30-19(34)18(14)22(23,24)25)12-36-17-7-9-32(20(17)35)15-6-8-31(11-16(15)33)21(26-3)27-5-2/h5,10,13,15-17,33H,4,6-9,11-12H2,1-3H3,(H2,29,30,34)/t13-,15+,16+,17+/m0/s1. The summed E-state index contributed by atoms with van der Waals surface area (Å²) < 4.78 is 45.7. The SMILES string of the molecule is CC=NC(=NC)N1CC[C@@H](N2CC[C@@H](OC[C@H](CC)Nc3cn[nH]c(=O)c3C(F)(F)F)C2=O)[C@H](O)C1. The molecule has 0 aromatic carbocycles. The lowest BCUT2D eigenvalue weighted by Gasteiger charge is -2.40. The third-order valence-corrected chi connectivity index (χ3v) is 6.36. The van der Waals surface area contributed by atoms with Gasteiger partial charge in [0, 0.05) is 45.4 Å². The summed E-state index contributed by atoms with van der Waals surface area (Å²) in [7, 11) is 1.63. The summed E-state index contributed by atoms with van der Waals surface area (Å²) >= 11 is 0. The summed E-state index contributed by atoms with van der Waals surface area (Å²) in [6.07, 6.45) is -2.55. The summed E-state index contributed by atoms with van der Waals surface area (Å²) in [6, 6.07) is -0.959. The number of guanidine groups is 1. The Morgan fingerprint density at radius 1 is 1.39 bits per heavy atom. The molecule has 1 amide bonds. The Balaban J connectivity index is 1.58. The van der Waals surface area contributed by atoms with E-state index in [0.29, 0.717) is 38.3 Å². The summed E-state index contributed by atoms with van der Waals surface area (Å²) in [4.78, 5) is 36.5. The van der Waals surface area contributed by atoms with E-state index in [1.807, 2.05) is 4.90 Å². The number of hydrogen-bond donors (Lipinski definition) is 3. The number of nitrogens with zero attached hydrogens (tertiary/aromatic N) is 5. The van der Waals surface area contributed by atoms with E-state index in [4.69, 9.17) is 4.74 Å². The third-order valence-electron chi connectivity index (χ3n) is 6.36. The van der Waals surface area contributed by atoms with E-state index < -0.39 is 41.2 Å². The van der Waals surface area contributed by atoms with Crippen LogP contribution >= 0.6 is 0 Å². The van der Waals surface area contributed by atoms with E-state index >= 15 is 0 Å². The number of halogens is 3. The van der Waals surface area contributed by atoms with Crippen LogP contribution in [0.15, 0.2) is 21.0 Å². The molecule has 2 aliphatic heterocycles. The lowest BCUT2D eigenvalue weighted by molar-refractivity contribution is -0.142. The topological polar surface area (TPSA) is 136 Å². The van der Waals surface area contributed by atoms with Crippen LogP contribution in [0.4, 0.5) is 18.9 Å². The Morgan fingerprint density at radius 3 is 2.75 bits per heavy atom. The first-order valence-electron chi connectivity index (χ1n) is 11.8. The number of aliphatic hydroxyl groups excluding tert-OH is 1.